The van der Waals surface area contributed by atoms with Crippen molar-refractivity contribution in [1.82, 2.24) is 0 Å². The molecule has 0 aliphatic carbocycles. The van der Waals surface area contributed by atoms with Crippen LogP contribution in [0.2, 0.25) is 5.02 Å². The molecule has 7 heteroatoms. The standard InChI is InChI=1S/C15H16O2.C14H14O2.C13H11ClO2/c16-14-10-5-11-15(17)13(14)9-4-8-12-6-2-1-3-7-12;15-13-7-4-8-14(16)12(13)10-9-11-5-2-1-3-6-11;14-11-6-7-12(15)10(13(11)16)8-9-4-2-1-3-5-9/h1-3,5-7,10-11,16-17H,4,8-9H2;1-8,15-16H,9-10H2;1-7,15-16H,8H2. The summed E-state index contributed by atoms with van der Waals surface area (Å²) in [5, 5.41) is 58.1. The zero-order valence-corrected chi connectivity index (χ0v) is 27.8. The van der Waals surface area contributed by atoms with Gasteiger partial charge in [-0.15, -0.1) is 0 Å². The second kappa shape index (κ2) is 18.7. The highest BCUT2D eigenvalue weighted by Crippen LogP contribution is 2.35. The van der Waals surface area contributed by atoms with Gasteiger partial charge >= 0.3 is 0 Å². The second-order valence-corrected chi connectivity index (χ2v) is 11.8. The summed E-state index contributed by atoms with van der Waals surface area (Å²) in [6.07, 6.45) is 4.46. The Morgan fingerprint density at radius 2 is 0.755 bits per heavy atom. The number of rotatable bonds is 9. The maximum Gasteiger partial charge on any atom is 0.141 e. The molecule has 0 saturated carbocycles. The van der Waals surface area contributed by atoms with E-state index in [1.54, 1.807) is 36.4 Å². The van der Waals surface area contributed by atoms with Crippen LogP contribution < -0.4 is 0 Å². The van der Waals surface area contributed by atoms with Crippen LogP contribution in [-0.4, -0.2) is 30.6 Å². The number of benzene rings is 6. The largest absolute Gasteiger partial charge is 0.508 e. The molecule has 252 valence electrons. The van der Waals surface area contributed by atoms with Crippen molar-refractivity contribution in [1.29, 1.82) is 0 Å². The fourth-order valence-electron chi connectivity index (χ4n) is 5.24. The number of halogens is 1. The molecule has 6 rings (SSSR count). The van der Waals surface area contributed by atoms with Gasteiger partial charge in [0.25, 0.3) is 0 Å². The van der Waals surface area contributed by atoms with Crippen LogP contribution in [0.1, 0.15) is 39.8 Å². The van der Waals surface area contributed by atoms with Gasteiger partial charge in [-0.05, 0) is 85.2 Å². The molecule has 49 heavy (non-hydrogen) atoms. The molecule has 0 aliphatic rings. The Morgan fingerprint density at radius 3 is 1.24 bits per heavy atom. The third kappa shape index (κ3) is 11.3. The molecule has 0 aromatic heterocycles. The Hall–Kier alpha value is -5.59. The first-order chi connectivity index (χ1) is 23.7. The molecule has 0 aliphatic heterocycles. The van der Waals surface area contributed by atoms with E-state index < -0.39 is 0 Å². The average molecular weight is 677 g/mol. The summed E-state index contributed by atoms with van der Waals surface area (Å²) in [4.78, 5) is 0. The van der Waals surface area contributed by atoms with Gasteiger partial charge in [0.05, 0.1) is 5.02 Å². The van der Waals surface area contributed by atoms with E-state index in [4.69, 9.17) is 11.6 Å². The molecule has 0 fully saturated rings. The summed E-state index contributed by atoms with van der Waals surface area (Å²) in [6.45, 7) is 0. The van der Waals surface area contributed by atoms with Gasteiger partial charge in [0.15, 0.2) is 0 Å². The highest BCUT2D eigenvalue weighted by Gasteiger charge is 2.11. The van der Waals surface area contributed by atoms with Crippen LogP contribution in [-0.2, 0) is 32.1 Å². The summed E-state index contributed by atoms with van der Waals surface area (Å²) in [6, 6.07) is 42.5. The van der Waals surface area contributed by atoms with E-state index in [1.807, 2.05) is 78.9 Å². The minimum absolute atomic E-state index is 0.0504. The first kappa shape index (κ1) is 36.2. The summed E-state index contributed by atoms with van der Waals surface area (Å²) in [5.74, 6) is 0.694. The number of phenols is 6. The lowest BCUT2D eigenvalue weighted by molar-refractivity contribution is 0.436. The molecule has 0 unspecified atom stereocenters. The van der Waals surface area contributed by atoms with Crippen LogP contribution in [0.25, 0.3) is 0 Å². The van der Waals surface area contributed by atoms with Crippen molar-refractivity contribution < 1.29 is 30.6 Å². The van der Waals surface area contributed by atoms with Crippen LogP contribution in [0.15, 0.2) is 140 Å². The van der Waals surface area contributed by atoms with Gasteiger partial charge in [-0.1, -0.05) is 115 Å². The van der Waals surface area contributed by atoms with E-state index in [0.717, 1.165) is 24.8 Å². The van der Waals surface area contributed by atoms with E-state index in [2.05, 4.69) is 12.1 Å². The van der Waals surface area contributed by atoms with Crippen molar-refractivity contribution in [3.63, 3.8) is 0 Å². The topological polar surface area (TPSA) is 121 Å². The fourth-order valence-corrected chi connectivity index (χ4v) is 5.41. The molecular weight excluding hydrogens is 636 g/mol. The summed E-state index contributed by atoms with van der Waals surface area (Å²) >= 11 is 5.79. The van der Waals surface area contributed by atoms with Crippen molar-refractivity contribution >= 4 is 11.6 Å². The predicted molar refractivity (Wildman–Crippen MR) is 196 cm³/mol. The summed E-state index contributed by atoms with van der Waals surface area (Å²) in [5.41, 5.74) is 5.21. The molecule has 0 radical (unpaired) electrons. The maximum absolute atomic E-state index is 9.75. The molecule has 0 atom stereocenters. The molecule has 0 saturated heterocycles. The average Bonchev–Trinajstić information content (AvgIpc) is 3.11. The maximum atomic E-state index is 9.75. The van der Waals surface area contributed by atoms with Crippen molar-refractivity contribution in [2.24, 2.45) is 0 Å². The van der Waals surface area contributed by atoms with Crippen LogP contribution in [0, 0.1) is 0 Å². The summed E-state index contributed by atoms with van der Waals surface area (Å²) in [7, 11) is 0. The lowest BCUT2D eigenvalue weighted by Crippen LogP contribution is -1.92. The summed E-state index contributed by atoms with van der Waals surface area (Å²) < 4.78 is 0. The van der Waals surface area contributed by atoms with E-state index in [1.165, 1.54) is 23.3 Å². The van der Waals surface area contributed by atoms with Crippen LogP contribution in [0.4, 0.5) is 0 Å². The second-order valence-electron chi connectivity index (χ2n) is 11.4. The predicted octanol–water partition coefficient (Wildman–Crippen LogP) is 9.50. The van der Waals surface area contributed by atoms with Crippen LogP contribution in [0.5, 0.6) is 34.5 Å². The number of hydrogen-bond donors (Lipinski definition) is 6. The number of phenolic OH excluding ortho intramolecular Hbond substituents is 6. The SMILES string of the molecule is Oc1ccc(Cl)c(O)c1Cc1ccccc1.Oc1cccc(O)c1CCCc1ccccc1.Oc1cccc(O)c1CCc1ccccc1. The lowest BCUT2D eigenvalue weighted by Gasteiger charge is -2.08. The number of aryl methyl sites for hydroxylation is 2. The Labute approximate surface area is 292 Å². The lowest BCUT2D eigenvalue weighted by atomic mass is 10.0. The molecule has 0 bridgehead atoms. The van der Waals surface area contributed by atoms with Crippen molar-refractivity contribution in [2.45, 2.75) is 38.5 Å². The number of aromatic hydroxyl groups is 6. The third-order valence-electron chi connectivity index (χ3n) is 7.93. The fraction of sp³-hybridized carbons (Fsp3) is 0.143. The molecular formula is C42H41ClO6. The van der Waals surface area contributed by atoms with Gasteiger partial charge in [-0.2, -0.15) is 0 Å². The highest BCUT2D eigenvalue weighted by atomic mass is 35.5. The number of hydrogen-bond acceptors (Lipinski definition) is 6. The minimum Gasteiger partial charge on any atom is -0.508 e. The Balaban J connectivity index is 0.000000166. The molecule has 6 aromatic rings. The highest BCUT2D eigenvalue weighted by molar-refractivity contribution is 6.32. The molecule has 0 amide bonds. The molecule has 6 aromatic carbocycles. The first-order valence-electron chi connectivity index (χ1n) is 16.0. The van der Waals surface area contributed by atoms with Crippen molar-refractivity contribution in [3.8, 4) is 34.5 Å². The zero-order chi connectivity index (χ0) is 35.0. The van der Waals surface area contributed by atoms with Gasteiger partial charge in [0.2, 0.25) is 0 Å². The Bertz CT molecular complexity index is 1840. The van der Waals surface area contributed by atoms with Gasteiger partial charge in [-0.3, -0.25) is 0 Å². The Kier molecular flexibility index (Phi) is 13.8. The van der Waals surface area contributed by atoms with E-state index in [0.29, 0.717) is 36.0 Å². The first-order valence-corrected chi connectivity index (χ1v) is 16.4. The smallest absolute Gasteiger partial charge is 0.141 e. The van der Waals surface area contributed by atoms with Gasteiger partial charge in [0, 0.05) is 23.1 Å². The monoisotopic (exact) mass is 676 g/mol. The third-order valence-corrected chi connectivity index (χ3v) is 8.23. The normalized spacial score (nSPS) is 10.3. The van der Waals surface area contributed by atoms with Gasteiger partial charge in [0.1, 0.15) is 34.5 Å². The zero-order valence-electron chi connectivity index (χ0n) is 27.1. The van der Waals surface area contributed by atoms with E-state index >= 15 is 0 Å². The quantitative estimate of drug-likeness (QED) is 0.0907. The molecule has 6 N–H and O–H groups in total. The Morgan fingerprint density at radius 1 is 0.347 bits per heavy atom. The molecule has 6 nitrogen and oxygen atoms in total. The van der Waals surface area contributed by atoms with Gasteiger partial charge < -0.3 is 30.6 Å². The van der Waals surface area contributed by atoms with E-state index in [-0.39, 0.29) is 39.5 Å². The minimum atomic E-state index is -0.0504. The molecule has 0 heterocycles. The van der Waals surface area contributed by atoms with Crippen LogP contribution in [0.3, 0.4) is 0 Å². The van der Waals surface area contributed by atoms with Crippen LogP contribution >= 0.6 is 11.6 Å². The molecule has 0 spiro atoms. The van der Waals surface area contributed by atoms with Crippen molar-refractivity contribution in [2.75, 3.05) is 0 Å². The van der Waals surface area contributed by atoms with Crippen molar-refractivity contribution in [3.05, 3.63) is 178 Å². The van der Waals surface area contributed by atoms with Gasteiger partial charge in [-0.25, -0.2) is 0 Å². The van der Waals surface area contributed by atoms with E-state index in [9.17, 15) is 30.6 Å².